The molecule has 1 aromatic carbocycles. The number of nitrogens with one attached hydrogen (secondary N) is 1. The quantitative estimate of drug-likeness (QED) is 0.197. The van der Waals surface area contributed by atoms with Gasteiger partial charge in [0, 0.05) is 6.54 Å². The van der Waals surface area contributed by atoms with Gasteiger partial charge < -0.3 is 39.5 Å². The lowest BCUT2D eigenvalue weighted by Gasteiger charge is -2.18. The molecule has 3 aromatic rings. The Morgan fingerprint density at radius 1 is 1.06 bits per heavy atom. The zero-order valence-corrected chi connectivity index (χ0v) is 20.0. The van der Waals surface area contributed by atoms with Crippen LogP contribution in [0.5, 0.6) is 0 Å². The van der Waals surface area contributed by atoms with Crippen molar-refractivity contribution in [2.24, 2.45) is 0 Å². The van der Waals surface area contributed by atoms with Crippen molar-refractivity contribution >= 4 is 32.2 Å². The lowest BCUT2D eigenvalue weighted by Crippen LogP contribution is -2.33. The maximum atomic E-state index is 11.9. The first-order valence-electron chi connectivity index (χ1n) is 10.5. The third-order valence-electron chi connectivity index (χ3n) is 5.32. The van der Waals surface area contributed by atoms with Crippen LogP contribution >= 0.6 is 15.2 Å². The highest BCUT2D eigenvalue weighted by Gasteiger charge is 2.45. The highest BCUT2D eigenvalue weighted by Crippen LogP contribution is 2.55. The van der Waals surface area contributed by atoms with Crippen molar-refractivity contribution in [1.29, 1.82) is 0 Å². The molecular formula is C19H25N5O9P2. The summed E-state index contributed by atoms with van der Waals surface area (Å²) in [5.74, 6) is -0.908. The third-order valence-corrected chi connectivity index (χ3v) is 8.78. The molecule has 4 rings (SSSR count). The van der Waals surface area contributed by atoms with E-state index in [2.05, 4.69) is 20.3 Å². The van der Waals surface area contributed by atoms with E-state index in [0.29, 0.717) is 23.5 Å². The van der Waals surface area contributed by atoms with Crippen molar-refractivity contribution in [3.8, 4) is 0 Å². The van der Waals surface area contributed by atoms with Gasteiger partial charge in [-0.25, -0.2) is 15.0 Å². The lowest BCUT2D eigenvalue weighted by atomic mass is 10.1. The largest absolute Gasteiger partial charge is 0.387 e. The minimum absolute atomic E-state index is 0.314. The number of rotatable bonds is 10. The molecule has 0 amide bonds. The van der Waals surface area contributed by atoms with E-state index in [1.165, 1.54) is 17.2 Å². The molecule has 1 saturated heterocycles. The van der Waals surface area contributed by atoms with Crippen molar-refractivity contribution in [1.82, 2.24) is 19.5 Å². The Balaban J connectivity index is 1.44. The van der Waals surface area contributed by atoms with Gasteiger partial charge in [-0.3, -0.25) is 13.7 Å². The summed E-state index contributed by atoms with van der Waals surface area (Å²) in [6.45, 7) is -0.101. The van der Waals surface area contributed by atoms with Gasteiger partial charge in [0.2, 0.25) is 0 Å². The molecule has 6 N–H and O–H groups in total. The number of fused-ring (bicyclic) bond motifs is 1. The Labute approximate surface area is 199 Å². The predicted molar refractivity (Wildman–Crippen MR) is 123 cm³/mol. The fraction of sp³-hybridized carbons (Fsp3) is 0.421. The van der Waals surface area contributed by atoms with Crippen LogP contribution in [0.15, 0.2) is 43.0 Å². The number of hydrogen-bond acceptors (Lipinski definition) is 10. The molecule has 16 heteroatoms. The van der Waals surface area contributed by atoms with E-state index < -0.39 is 52.2 Å². The standard InChI is InChI=1S/C19H25N5O9P2/c25-15-13(8-32-35(30,31)11-34(27,28)29)33-19(16(15)26)24-10-23-14-17(21-9-22-18(14)24)20-7-6-12-4-2-1-3-5-12/h1-5,9-10,13,15-16,19,25-26H,6-8,11H2,(H,30,31)(H,20,21,22)(H2,27,28,29)/t13-,15-,16-,19-/m1/s1. The molecule has 0 spiro atoms. The Morgan fingerprint density at radius 3 is 2.51 bits per heavy atom. The summed E-state index contributed by atoms with van der Waals surface area (Å²) in [6.07, 6.45) is -1.97. The van der Waals surface area contributed by atoms with Gasteiger partial charge in [0.25, 0.3) is 0 Å². The van der Waals surface area contributed by atoms with Crippen molar-refractivity contribution in [2.45, 2.75) is 31.0 Å². The normalized spacial score (nSPS) is 24.5. The highest BCUT2D eigenvalue weighted by atomic mass is 31.2. The second-order valence-corrected chi connectivity index (χ2v) is 12.0. The molecule has 1 aliphatic heterocycles. The van der Waals surface area contributed by atoms with E-state index in [4.69, 9.17) is 19.0 Å². The zero-order chi connectivity index (χ0) is 25.2. The summed E-state index contributed by atoms with van der Waals surface area (Å²) in [5.41, 5.74) is 1.87. The van der Waals surface area contributed by atoms with Gasteiger partial charge in [-0.1, -0.05) is 30.3 Å². The van der Waals surface area contributed by atoms with Crippen LogP contribution in [0.25, 0.3) is 11.2 Å². The molecule has 0 radical (unpaired) electrons. The summed E-state index contributed by atoms with van der Waals surface area (Å²) in [6, 6.07) is 9.87. The maximum Gasteiger partial charge on any atom is 0.340 e. The number of aliphatic hydroxyl groups excluding tert-OH is 2. The van der Waals surface area contributed by atoms with E-state index in [-0.39, 0.29) is 0 Å². The Kier molecular flexibility index (Phi) is 7.67. The average molecular weight is 529 g/mol. The summed E-state index contributed by atoms with van der Waals surface area (Å²) in [7, 11) is -9.46. The van der Waals surface area contributed by atoms with E-state index in [0.717, 1.165) is 12.0 Å². The van der Waals surface area contributed by atoms with Crippen molar-refractivity contribution in [3.05, 3.63) is 48.5 Å². The van der Waals surface area contributed by atoms with Gasteiger partial charge in [-0.2, -0.15) is 0 Å². The summed E-state index contributed by atoms with van der Waals surface area (Å²) < 4.78 is 34.6. The first-order chi connectivity index (χ1) is 16.5. The number of anilines is 1. The molecule has 35 heavy (non-hydrogen) atoms. The lowest BCUT2D eigenvalue weighted by molar-refractivity contribution is -0.0483. The molecule has 5 atom stereocenters. The number of benzene rings is 1. The Morgan fingerprint density at radius 2 is 1.80 bits per heavy atom. The fourth-order valence-electron chi connectivity index (χ4n) is 3.70. The van der Waals surface area contributed by atoms with Crippen molar-refractivity contribution in [3.63, 3.8) is 0 Å². The summed E-state index contributed by atoms with van der Waals surface area (Å²) in [4.78, 5) is 40.1. The molecule has 0 aliphatic carbocycles. The Bertz CT molecular complexity index is 1250. The van der Waals surface area contributed by atoms with Crippen LogP contribution in [0.4, 0.5) is 5.82 Å². The second kappa shape index (κ2) is 10.4. The second-order valence-electron chi connectivity index (χ2n) is 7.99. The molecule has 2 aromatic heterocycles. The van der Waals surface area contributed by atoms with Gasteiger partial charge in [0.1, 0.15) is 24.6 Å². The maximum absolute atomic E-state index is 11.9. The molecule has 190 valence electrons. The van der Waals surface area contributed by atoms with Gasteiger partial charge >= 0.3 is 15.2 Å². The summed E-state index contributed by atoms with van der Waals surface area (Å²) in [5, 5.41) is 24.1. The fourth-order valence-corrected chi connectivity index (χ4v) is 6.27. The molecule has 0 saturated carbocycles. The SMILES string of the molecule is O=P(O)(O)CP(=O)(O)OC[C@H]1O[C@@H](n2cnc3c(NCCc4ccccc4)ncnc32)[C@H](O)[C@@H]1O. The van der Waals surface area contributed by atoms with Crippen LogP contribution in [0.3, 0.4) is 0 Å². The monoisotopic (exact) mass is 529 g/mol. The predicted octanol–water partition coefficient (Wildman–Crippen LogP) is 0.437. The van der Waals surface area contributed by atoms with Crippen molar-refractivity contribution < 1.29 is 43.3 Å². The minimum atomic E-state index is -4.81. The van der Waals surface area contributed by atoms with Crippen LogP contribution in [-0.2, 0) is 24.8 Å². The highest BCUT2D eigenvalue weighted by molar-refractivity contribution is 7.70. The van der Waals surface area contributed by atoms with Crippen LogP contribution in [0, 0.1) is 0 Å². The van der Waals surface area contributed by atoms with E-state index in [1.54, 1.807) is 0 Å². The number of ether oxygens (including phenoxy) is 1. The van der Waals surface area contributed by atoms with E-state index in [1.807, 2.05) is 30.3 Å². The van der Waals surface area contributed by atoms with Gasteiger partial charge in [0.05, 0.1) is 12.9 Å². The number of aromatic nitrogens is 4. The molecule has 3 heterocycles. The van der Waals surface area contributed by atoms with Crippen LogP contribution < -0.4 is 5.32 Å². The Hall–Kier alpha value is -2.25. The summed E-state index contributed by atoms with van der Waals surface area (Å²) >= 11 is 0. The van der Waals surface area contributed by atoms with Gasteiger partial charge in [-0.05, 0) is 12.0 Å². The van der Waals surface area contributed by atoms with Crippen LogP contribution in [0.2, 0.25) is 0 Å². The zero-order valence-electron chi connectivity index (χ0n) is 18.2. The molecular weight excluding hydrogens is 504 g/mol. The van der Waals surface area contributed by atoms with E-state index >= 15 is 0 Å². The molecule has 14 nitrogen and oxygen atoms in total. The topological polar surface area (TPSA) is 209 Å². The van der Waals surface area contributed by atoms with Crippen molar-refractivity contribution in [2.75, 3.05) is 24.4 Å². The van der Waals surface area contributed by atoms with Gasteiger partial charge in [-0.15, -0.1) is 0 Å². The molecule has 1 unspecified atom stereocenters. The number of hydrogen-bond donors (Lipinski definition) is 6. The first kappa shape index (κ1) is 25.8. The smallest absolute Gasteiger partial charge is 0.340 e. The van der Waals surface area contributed by atoms with Crippen LogP contribution in [0.1, 0.15) is 11.8 Å². The molecule has 1 fully saturated rings. The van der Waals surface area contributed by atoms with E-state index in [9.17, 15) is 24.2 Å². The third kappa shape index (κ3) is 6.31. The average Bonchev–Trinajstić information content (AvgIpc) is 3.33. The number of aliphatic hydroxyl groups is 2. The number of imidazole rings is 1. The minimum Gasteiger partial charge on any atom is -0.387 e. The van der Waals surface area contributed by atoms with Gasteiger partial charge in [0.15, 0.2) is 29.1 Å². The molecule has 0 bridgehead atoms. The van der Waals surface area contributed by atoms with Crippen LogP contribution in [-0.4, -0.2) is 81.8 Å². The molecule has 1 aliphatic rings. The number of nitrogens with zero attached hydrogens (tertiary/aromatic N) is 4. The first-order valence-corrected chi connectivity index (χ1v) is 14.1.